The molecule has 1 aliphatic rings. The van der Waals surface area contributed by atoms with Crippen LogP contribution >= 0.6 is 11.6 Å². The number of anilines is 1. The van der Waals surface area contributed by atoms with Crippen molar-refractivity contribution >= 4 is 40.1 Å². The first kappa shape index (κ1) is 28.2. The molecule has 0 saturated carbocycles. The van der Waals surface area contributed by atoms with E-state index in [1.54, 1.807) is 47.0 Å². The van der Waals surface area contributed by atoms with Crippen LogP contribution in [0.2, 0.25) is 5.02 Å². The summed E-state index contributed by atoms with van der Waals surface area (Å²) in [6.45, 7) is 0.160. The van der Waals surface area contributed by atoms with Gasteiger partial charge < -0.3 is 19.7 Å². The van der Waals surface area contributed by atoms with Crippen LogP contribution in [0.15, 0.2) is 78.9 Å². The quantitative estimate of drug-likeness (QED) is 0.252. The molecular weight excluding hydrogens is 542 g/mol. The zero-order chi connectivity index (χ0) is 28.8. The van der Waals surface area contributed by atoms with Crippen molar-refractivity contribution in [1.82, 2.24) is 19.9 Å². The van der Waals surface area contributed by atoms with Gasteiger partial charge in [-0.3, -0.25) is 9.59 Å². The first-order chi connectivity index (χ1) is 20.0. The number of ether oxygens (including phenoxy) is 2. The van der Waals surface area contributed by atoms with Gasteiger partial charge in [-0.1, -0.05) is 53.2 Å². The van der Waals surface area contributed by atoms with Gasteiger partial charge in [0.1, 0.15) is 29.6 Å². The van der Waals surface area contributed by atoms with E-state index in [2.05, 4.69) is 27.8 Å². The van der Waals surface area contributed by atoms with Gasteiger partial charge in [-0.15, -0.1) is 5.10 Å². The zero-order valence-electron chi connectivity index (χ0n) is 23.0. The van der Waals surface area contributed by atoms with E-state index in [0.29, 0.717) is 34.1 Å². The first-order valence-corrected chi connectivity index (χ1v) is 13.8. The van der Waals surface area contributed by atoms with Gasteiger partial charge >= 0.3 is 0 Å². The molecule has 1 aliphatic carbocycles. The Morgan fingerprint density at radius 1 is 1.07 bits per heavy atom. The van der Waals surface area contributed by atoms with Gasteiger partial charge in [0.2, 0.25) is 11.8 Å². The third-order valence-corrected chi connectivity index (χ3v) is 7.57. The largest absolute Gasteiger partial charge is 0.497 e. The fourth-order valence-corrected chi connectivity index (χ4v) is 5.33. The van der Waals surface area contributed by atoms with Gasteiger partial charge in [0.05, 0.1) is 25.4 Å². The van der Waals surface area contributed by atoms with Crippen molar-refractivity contribution < 1.29 is 19.1 Å². The lowest BCUT2D eigenvalue weighted by atomic mass is 9.85. The molecule has 9 nitrogen and oxygen atoms in total. The van der Waals surface area contributed by atoms with Crippen LogP contribution < -0.4 is 14.8 Å². The molecule has 1 aromatic heterocycles. The topological polar surface area (TPSA) is 98.6 Å². The molecule has 10 heteroatoms. The fraction of sp³-hybridized carbons (Fsp3) is 0.290. The number of hydrogen-bond donors (Lipinski definition) is 1. The third kappa shape index (κ3) is 6.52. The van der Waals surface area contributed by atoms with Crippen LogP contribution in [-0.2, 0) is 22.7 Å². The van der Waals surface area contributed by atoms with Gasteiger partial charge in [-0.05, 0) is 67.1 Å². The van der Waals surface area contributed by atoms with Gasteiger partial charge in [0.15, 0.2) is 0 Å². The predicted molar refractivity (Wildman–Crippen MR) is 158 cm³/mol. The average molecular weight is 574 g/mol. The van der Waals surface area contributed by atoms with E-state index in [1.165, 1.54) is 7.11 Å². The number of amides is 2. The summed E-state index contributed by atoms with van der Waals surface area (Å²) in [5.74, 6) is 0.442. The number of methoxy groups -OCH3 is 2. The fourth-order valence-electron chi connectivity index (χ4n) is 5.20. The highest BCUT2D eigenvalue weighted by Crippen LogP contribution is 2.32. The molecular formula is C31H32ClN5O4. The molecule has 0 saturated heterocycles. The number of para-hydroxylation sites is 1. The molecule has 41 heavy (non-hydrogen) atoms. The lowest BCUT2D eigenvalue weighted by Crippen LogP contribution is -2.52. The number of fused-ring (bicyclic) bond motifs is 1. The number of hydrogen-bond acceptors (Lipinski definition) is 6. The molecule has 3 aromatic carbocycles. The van der Waals surface area contributed by atoms with E-state index in [9.17, 15) is 9.59 Å². The molecule has 0 fully saturated rings. The third-order valence-electron chi connectivity index (χ3n) is 7.32. The Labute approximate surface area is 243 Å². The lowest BCUT2D eigenvalue weighted by molar-refractivity contribution is -0.142. The van der Waals surface area contributed by atoms with E-state index in [-0.39, 0.29) is 30.8 Å². The number of nitrogens with zero attached hydrogens (tertiary/aromatic N) is 4. The maximum atomic E-state index is 14.2. The minimum atomic E-state index is -0.760. The number of rotatable bonds is 10. The second kappa shape index (κ2) is 12.9. The van der Waals surface area contributed by atoms with E-state index in [1.807, 2.05) is 36.4 Å². The summed E-state index contributed by atoms with van der Waals surface area (Å²) in [5.41, 5.74) is 2.80. The smallest absolute Gasteiger partial charge is 0.247 e. The lowest BCUT2D eigenvalue weighted by Gasteiger charge is -2.37. The van der Waals surface area contributed by atoms with Gasteiger partial charge in [0.25, 0.3) is 0 Å². The molecule has 2 atom stereocenters. The van der Waals surface area contributed by atoms with Crippen molar-refractivity contribution in [3.63, 3.8) is 0 Å². The highest BCUT2D eigenvalue weighted by atomic mass is 35.5. The Morgan fingerprint density at radius 3 is 2.61 bits per heavy atom. The van der Waals surface area contributed by atoms with E-state index >= 15 is 0 Å². The zero-order valence-corrected chi connectivity index (χ0v) is 23.8. The van der Waals surface area contributed by atoms with Crippen LogP contribution in [0.25, 0.3) is 11.0 Å². The molecule has 1 heterocycles. The molecule has 0 bridgehead atoms. The van der Waals surface area contributed by atoms with Gasteiger partial charge in [0, 0.05) is 17.6 Å². The Bertz CT molecular complexity index is 1550. The number of carbonyl (C=O) groups is 2. The van der Waals surface area contributed by atoms with Crippen molar-refractivity contribution in [3.05, 3.63) is 89.5 Å². The minimum absolute atomic E-state index is 0.0632. The number of carbonyl (C=O) groups excluding carboxylic acids is 2. The van der Waals surface area contributed by atoms with Crippen LogP contribution in [-0.4, -0.2) is 52.0 Å². The average Bonchev–Trinajstić information content (AvgIpc) is 3.41. The van der Waals surface area contributed by atoms with Gasteiger partial charge in [-0.25, -0.2) is 4.68 Å². The second-order valence-corrected chi connectivity index (χ2v) is 10.4. The highest BCUT2D eigenvalue weighted by molar-refractivity contribution is 6.30. The summed E-state index contributed by atoms with van der Waals surface area (Å²) in [6.07, 6.45) is 6.47. The van der Waals surface area contributed by atoms with Crippen LogP contribution in [0.1, 0.15) is 24.8 Å². The summed E-state index contributed by atoms with van der Waals surface area (Å²) in [7, 11) is 3.10. The van der Waals surface area contributed by atoms with E-state index in [4.69, 9.17) is 21.1 Å². The van der Waals surface area contributed by atoms with Crippen molar-refractivity contribution in [3.8, 4) is 11.5 Å². The molecule has 0 spiro atoms. The highest BCUT2D eigenvalue weighted by Gasteiger charge is 2.37. The Morgan fingerprint density at radius 2 is 1.88 bits per heavy atom. The molecule has 4 aromatic rings. The molecule has 2 unspecified atom stereocenters. The Balaban J connectivity index is 1.51. The minimum Gasteiger partial charge on any atom is -0.497 e. The summed E-state index contributed by atoms with van der Waals surface area (Å²) < 4.78 is 12.4. The number of benzene rings is 3. The van der Waals surface area contributed by atoms with Gasteiger partial charge in [-0.2, -0.15) is 0 Å². The summed E-state index contributed by atoms with van der Waals surface area (Å²) in [5, 5.41) is 12.1. The monoisotopic (exact) mass is 573 g/mol. The van der Waals surface area contributed by atoms with Crippen LogP contribution in [0, 0.1) is 5.92 Å². The Kier molecular flexibility index (Phi) is 8.84. The molecule has 212 valence electrons. The van der Waals surface area contributed by atoms with E-state index < -0.39 is 6.04 Å². The van der Waals surface area contributed by atoms with E-state index in [0.717, 1.165) is 23.9 Å². The molecule has 0 aliphatic heterocycles. The van der Waals surface area contributed by atoms with Crippen molar-refractivity contribution in [2.75, 3.05) is 19.5 Å². The van der Waals surface area contributed by atoms with Crippen LogP contribution in [0.5, 0.6) is 11.5 Å². The second-order valence-electron chi connectivity index (χ2n) is 9.93. The maximum Gasteiger partial charge on any atom is 0.247 e. The number of nitrogens with one attached hydrogen (secondary N) is 1. The molecule has 0 radical (unpaired) electrons. The van der Waals surface area contributed by atoms with Crippen molar-refractivity contribution in [1.29, 1.82) is 0 Å². The molecule has 2 amide bonds. The van der Waals surface area contributed by atoms with Crippen LogP contribution in [0.3, 0.4) is 0 Å². The van der Waals surface area contributed by atoms with Crippen molar-refractivity contribution in [2.24, 2.45) is 5.92 Å². The first-order valence-electron chi connectivity index (χ1n) is 13.5. The summed E-state index contributed by atoms with van der Waals surface area (Å²) in [4.78, 5) is 30.0. The number of allylic oxidation sites excluding steroid dienone is 2. The summed E-state index contributed by atoms with van der Waals surface area (Å²) >= 11 is 6.14. The SMILES string of the molecule is COc1ccc(NC(=O)C(C2CC=CCC2)N(Cc2ccc(Cl)cc2)C(=O)Cn2nnc3ccccc32)c(OC)c1. The normalized spacial score (nSPS) is 15.3. The van der Waals surface area contributed by atoms with Crippen molar-refractivity contribution in [2.45, 2.75) is 38.4 Å². The molecule has 5 rings (SSSR count). The molecule has 1 N–H and O–H groups in total. The number of aromatic nitrogens is 3. The maximum absolute atomic E-state index is 14.2. The number of halogens is 1. The predicted octanol–water partition coefficient (Wildman–Crippen LogP) is 5.49. The van der Waals surface area contributed by atoms with Crippen LogP contribution in [0.4, 0.5) is 5.69 Å². The summed E-state index contributed by atoms with van der Waals surface area (Å²) in [6, 6.07) is 19.2. The standard InChI is InChI=1S/C31H32ClN5O4/c1-40-24-16-17-26(28(18-24)41-2)33-31(39)30(22-8-4-3-5-9-22)36(19-21-12-14-23(32)15-13-21)29(38)20-37-27-11-7-6-10-25(27)34-35-37/h3-4,6-7,10-18,22,30H,5,8-9,19-20H2,1-2H3,(H,33,39). The Hall–Kier alpha value is -4.37.